The van der Waals surface area contributed by atoms with Crippen LogP contribution in [-0.2, 0) is 5.66 Å². The van der Waals surface area contributed by atoms with Crippen molar-refractivity contribution in [3.63, 3.8) is 0 Å². The van der Waals surface area contributed by atoms with Crippen molar-refractivity contribution in [1.29, 1.82) is 5.41 Å². The van der Waals surface area contributed by atoms with Crippen LogP contribution in [0.4, 0.5) is 0 Å². The molecule has 0 aliphatic carbocycles. The molecule has 1 unspecified atom stereocenters. The Hall–Kier alpha value is -1.94. The van der Waals surface area contributed by atoms with Crippen molar-refractivity contribution < 1.29 is 0 Å². The molecule has 0 spiro atoms. The molecule has 1 aromatic carbocycles. The van der Waals surface area contributed by atoms with Gasteiger partial charge < -0.3 is 5.73 Å². The number of nitrogens with zero attached hydrogens (tertiary/aromatic N) is 1. The summed E-state index contributed by atoms with van der Waals surface area (Å²) in [6.45, 7) is 0. The Kier molecular flexibility index (Phi) is 2.13. The third kappa shape index (κ3) is 1.45. The predicted molar refractivity (Wildman–Crippen MR) is 60.8 cm³/mol. The Balaban J connectivity index is 2.49. The summed E-state index contributed by atoms with van der Waals surface area (Å²) in [5.74, 6) is 0. The van der Waals surface area contributed by atoms with Crippen LogP contribution in [0.3, 0.4) is 0 Å². The highest BCUT2D eigenvalue weighted by Crippen LogP contribution is 2.24. The Morgan fingerprint density at radius 1 is 1.20 bits per heavy atom. The fourth-order valence-corrected chi connectivity index (χ4v) is 1.51. The molecule has 4 heteroatoms. The average molecular weight is 200 g/mol. The monoisotopic (exact) mass is 200 g/mol. The number of benzene rings is 1. The number of rotatable bonds is 1. The largest absolute Gasteiger partial charge is 0.397 e. The van der Waals surface area contributed by atoms with Gasteiger partial charge in [0.05, 0.1) is 5.70 Å². The first-order valence-electron chi connectivity index (χ1n) is 4.59. The highest BCUT2D eigenvalue weighted by molar-refractivity contribution is 6.09. The van der Waals surface area contributed by atoms with E-state index in [1.165, 1.54) is 0 Å². The lowest BCUT2D eigenvalue weighted by atomic mass is 9.92. The molecule has 5 N–H and O–H groups in total. The molecule has 0 fully saturated rings. The van der Waals surface area contributed by atoms with Gasteiger partial charge in [0.2, 0.25) is 0 Å². The second-order valence-corrected chi connectivity index (χ2v) is 3.41. The molecule has 0 saturated heterocycles. The van der Waals surface area contributed by atoms with E-state index >= 15 is 0 Å². The number of hydrogen-bond acceptors (Lipinski definition) is 4. The van der Waals surface area contributed by atoms with Crippen LogP contribution in [0.2, 0.25) is 0 Å². The molecule has 76 valence electrons. The summed E-state index contributed by atoms with van der Waals surface area (Å²) in [6, 6.07) is 9.29. The summed E-state index contributed by atoms with van der Waals surface area (Å²) in [5.41, 5.74) is 11.8. The van der Waals surface area contributed by atoms with Gasteiger partial charge in [-0.05, 0) is 6.08 Å². The lowest BCUT2D eigenvalue weighted by Gasteiger charge is -2.28. The lowest BCUT2D eigenvalue weighted by Crippen LogP contribution is -2.46. The van der Waals surface area contributed by atoms with E-state index in [0.29, 0.717) is 5.70 Å². The van der Waals surface area contributed by atoms with Crippen molar-refractivity contribution in [3.05, 3.63) is 47.7 Å². The average Bonchev–Trinajstić information content (AvgIpc) is 2.27. The lowest BCUT2D eigenvalue weighted by molar-refractivity contribution is 0.636. The van der Waals surface area contributed by atoms with Gasteiger partial charge in [0.25, 0.3) is 0 Å². The Bertz CT molecular complexity index is 447. The second-order valence-electron chi connectivity index (χ2n) is 3.41. The minimum atomic E-state index is -1.14. The number of allylic oxidation sites excluding steroid dienone is 1. The van der Waals surface area contributed by atoms with Gasteiger partial charge in [0, 0.05) is 11.8 Å². The van der Waals surface area contributed by atoms with E-state index < -0.39 is 5.66 Å². The van der Waals surface area contributed by atoms with Crippen molar-refractivity contribution in [2.45, 2.75) is 5.66 Å². The summed E-state index contributed by atoms with van der Waals surface area (Å²) in [7, 11) is 0. The normalized spacial score (nSPS) is 25.1. The van der Waals surface area contributed by atoms with Crippen molar-refractivity contribution >= 4 is 11.9 Å². The molecule has 1 aromatic rings. The standard InChI is InChI=1S/C11H12N4/c12-9-6-7-15-11(14,10(9)13)8-4-2-1-3-5-8/h1-7,13H,12,14H2. The van der Waals surface area contributed by atoms with E-state index in [2.05, 4.69) is 4.99 Å². The quantitative estimate of drug-likeness (QED) is 0.624. The van der Waals surface area contributed by atoms with Gasteiger partial charge in [0.15, 0.2) is 5.66 Å². The van der Waals surface area contributed by atoms with Gasteiger partial charge in [-0.1, -0.05) is 30.3 Å². The van der Waals surface area contributed by atoms with Gasteiger partial charge in [-0.3, -0.25) is 16.1 Å². The molecule has 1 aliphatic rings. The first-order chi connectivity index (χ1) is 7.14. The number of dihydropyridines is 1. The molecular formula is C11H12N4. The van der Waals surface area contributed by atoms with Gasteiger partial charge in [-0.2, -0.15) is 0 Å². The first-order valence-corrected chi connectivity index (χ1v) is 4.59. The molecule has 0 saturated carbocycles. The molecule has 0 radical (unpaired) electrons. The minimum absolute atomic E-state index is 0.135. The fourth-order valence-electron chi connectivity index (χ4n) is 1.51. The van der Waals surface area contributed by atoms with Crippen LogP contribution in [0.15, 0.2) is 47.1 Å². The van der Waals surface area contributed by atoms with E-state index in [1.807, 2.05) is 30.3 Å². The molecule has 15 heavy (non-hydrogen) atoms. The van der Waals surface area contributed by atoms with Gasteiger partial charge in [-0.15, -0.1) is 0 Å². The highest BCUT2D eigenvalue weighted by Gasteiger charge is 2.34. The molecule has 4 nitrogen and oxygen atoms in total. The molecule has 1 atom stereocenters. The maximum atomic E-state index is 7.85. The van der Waals surface area contributed by atoms with Crippen molar-refractivity contribution in [2.24, 2.45) is 16.5 Å². The second kappa shape index (κ2) is 3.33. The van der Waals surface area contributed by atoms with Gasteiger partial charge >= 0.3 is 0 Å². The molecule has 1 heterocycles. The van der Waals surface area contributed by atoms with Gasteiger partial charge in [0.1, 0.15) is 5.71 Å². The summed E-state index contributed by atoms with van der Waals surface area (Å²) >= 11 is 0. The maximum absolute atomic E-state index is 7.85. The summed E-state index contributed by atoms with van der Waals surface area (Å²) in [5, 5.41) is 7.85. The molecule has 0 bridgehead atoms. The van der Waals surface area contributed by atoms with Crippen LogP contribution < -0.4 is 11.5 Å². The third-order valence-corrected chi connectivity index (χ3v) is 2.42. The Morgan fingerprint density at radius 2 is 1.87 bits per heavy atom. The topological polar surface area (TPSA) is 88.2 Å². The SMILES string of the molecule is N=C1C(N)=CC=NC1(N)c1ccccc1. The van der Waals surface area contributed by atoms with E-state index in [1.54, 1.807) is 12.3 Å². The third-order valence-electron chi connectivity index (χ3n) is 2.42. The predicted octanol–water partition coefficient (Wildman–Crippen LogP) is 0.745. The van der Waals surface area contributed by atoms with Crippen molar-refractivity contribution in [1.82, 2.24) is 0 Å². The van der Waals surface area contributed by atoms with E-state index in [0.717, 1.165) is 5.56 Å². The van der Waals surface area contributed by atoms with E-state index in [-0.39, 0.29) is 5.71 Å². The van der Waals surface area contributed by atoms with Crippen LogP contribution in [-0.4, -0.2) is 11.9 Å². The number of nitrogens with one attached hydrogen (secondary N) is 1. The summed E-state index contributed by atoms with van der Waals surface area (Å²) in [4.78, 5) is 4.13. The molecule has 0 amide bonds. The first kappa shape index (κ1) is 9.61. The maximum Gasteiger partial charge on any atom is 0.178 e. The molecule has 1 aliphatic heterocycles. The van der Waals surface area contributed by atoms with Crippen LogP contribution in [0.1, 0.15) is 5.56 Å². The highest BCUT2D eigenvalue weighted by atomic mass is 15.1. The Labute approximate surface area is 87.8 Å². The summed E-state index contributed by atoms with van der Waals surface area (Å²) in [6.07, 6.45) is 3.12. The smallest absolute Gasteiger partial charge is 0.178 e. The van der Waals surface area contributed by atoms with E-state index in [4.69, 9.17) is 16.9 Å². The number of nitrogens with two attached hydrogens (primary N) is 2. The minimum Gasteiger partial charge on any atom is -0.397 e. The van der Waals surface area contributed by atoms with Crippen LogP contribution in [0.5, 0.6) is 0 Å². The van der Waals surface area contributed by atoms with Crippen molar-refractivity contribution in [3.8, 4) is 0 Å². The van der Waals surface area contributed by atoms with Crippen LogP contribution in [0.25, 0.3) is 0 Å². The van der Waals surface area contributed by atoms with Crippen LogP contribution in [0, 0.1) is 5.41 Å². The zero-order valence-corrected chi connectivity index (χ0v) is 8.14. The molecule has 2 rings (SSSR count). The Morgan fingerprint density at radius 3 is 2.53 bits per heavy atom. The number of aliphatic imine (C=N–C) groups is 1. The zero-order chi connectivity index (χ0) is 10.9. The van der Waals surface area contributed by atoms with E-state index in [9.17, 15) is 0 Å². The number of hydrogen-bond donors (Lipinski definition) is 3. The fraction of sp³-hybridized carbons (Fsp3) is 0.0909. The molecular weight excluding hydrogens is 188 g/mol. The molecule has 0 aromatic heterocycles. The zero-order valence-electron chi connectivity index (χ0n) is 8.14. The van der Waals surface area contributed by atoms with Crippen molar-refractivity contribution in [2.75, 3.05) is 0 Å². The summed E-state index contributed by atoms with van der Waals surface area (Å²) < 4.78 is 0. The van der Waals surface area contributed by atoms with Gasteiger partial charge in [-0.25, -0.2) is 0 Å². The van der Waals surface area contributed by atoms with Crippen LogP contribution >= 0.6 is 0 Å².